The topological polar surface area (TPSA) is 26.0 Å². The summed E-state index contributed by atoms with van der Waals surface area (Å²) in [6, 6.07) is 0. The molecule has 1 aliphatic carbocycles. The Morgan fingerprint density at radius 3 is 2.50 bits per heavy atom. The van der Waals surface area contributed by atoms with Gasteiger partial charge in [0.25, 0.3) is 0 Å². The lowest BCUT2D eigenvalue weighted by Gasteiger charge is -2.57. The predicted molar refractivity (Wildman–Crippen MR) is 64.6 cm³/mol. The molecule has 2 fully saturated rings. The summed E-state index contributed by atoms with van der Waals surface area (Å²) in [7, 11) is 0. The number of hydrogen-bond donors (Lipinski definition) is 1. The van der Waals surface area contributed by atoms with Gasteiger partial charge in [0.1, 0.15) is 0 Å². The quantitative estimate of drug-likeness (QED) is 0.763. The summed E-state index contributed by atoms with van der Waals surface area (Å²) in [5, 5.41) is 0. The third-order valence-electron chi connectivity index (χ3n) is 4.09. The second-order valence-electron chi connectivity index (χ2n) is 6.00. The summed E-state index contributed by atoms with van der Waals surface area (Å²) < 4.78 is 0. The average Bonchev–Trinajstić information content (AvgIpc) is 2.15. The third kappa shape index (κ3) is 1.83. The van der Waals surface area contributed by atoms with Crippen LogP contribution in [0, 0.1) is 16.7 Å². The summed E-state index contributed by atoms with van der Waals surface area (Å²) in [5.41, 5.74) is 7.11. The molecule has 14 heavy (non-hydrogen) atoms. The SMILES string of the molecule is CC1(C)CC(CN)(C2CCCSC2)C1. The molecule has 82 valence electrons. The Hall–Kier alpha value is 0.310. The molecule has 1 aliphatic heterocycles. The first-order chi connectivity index (χ1) is 6.58. The Bertz CT molecular complexity index is 198. The molecule has 1 saturated carbocycles. The highest BCUT2D eigenvalue weighted by Crippen LogP contribution is 2.59. The molecule has 2 aliphatic rings. The van der Waals surface area contributed by atoms with Crippen molar-refractivity contribution in [3.63, 3.8) is 0 Å². The van der Waals surface area contributed by atoms with Crippen molar-refractivity contribution in [2.24, 2.45) is 22.5 Å². The molecule has 0 amide bonds. The Morgan fingerprint density at radius 2 is 2.07 bits per heavy atom. The fraction of sp³-hybridized carbons (Fsp3) is 1.00. The molecule has 1 unspecified atom stereocenters. The van der Waals surface area contributed by atoms with E-state index < -0.39 is 0 Å². The second kappa shape index (κ2) is 3.71. The lowest BCUT2D eigenvalue weighted by molar-refractivity contribution is -0.0506. The van der Waals surface area contributed by atoms with Crippen LogP contribution in [0.1, 0.15) is 39.5 Å². The molecule has 2 rings (SSSR count). The number of nitrogens with two attached hydrogens (primary N) is 1. The van der Waals surface area contributed by atoms with Gasteiger partial charge in [0.2, 0.25) is 0 Å². The molecule has 1 atom stereocenters. The van der Waals surface area contributed by atoms with Gasteiger partial charge in [-0.2, -0.15) is 11.8 Å². The summed E-state index contributed by atoms with van der Waals surface area (Å²) in [4.78, 5) is 0. The summed E-state index contributed by atoms with van der Waals surface area (Å²) >= 11 is 2.14. The van der Waals surface area contributed by atoms with Gasteiger partial charge in [-0.3, -0.25) is 0 Å². The number of hydrogen-bond acceptors (Lipinski definition) is 2. The largest absolute Gasteiger partial charge is 0.330 e. The molecule has 1 nitrogen and oxygen atoms in total. The molecule has 0 aromatic rings. The van der Waals surface area contributed by atoms with Crippen molar-refractivity contribution in [1.82, 2.24) is 0 Å². The molecule has 0 radical (unpaired) electrons. The summed E-state index contributed by atoms with van der Waals surface area (Å²) in [6.45, 7) is 5.69. The van der Waals surface area contributed by atoms with Gasteiger partial charge >= 0.3 is 0 Å². The van der Waals surface area contributed by atoms with Crippen LogP contribution in [0.4, 0.5) is 0 Å². The number of rotatable bonds is 2. The molecular formula is C12H23NS. The van der Waals surface area contributed by atoms with E-state index in [1.54, 1.807) is 0 Å². The Kier molecular flexibility index (Phi) is 2.87. The van der Waals surface area contributed by atoms with Crippen LogP contribution >= 0.6 is 11.8 Å². The molecular weight excluding hydrogens is 190 g/mol. The fourth-order valence-corrected chi connectivity index (χ4v) is 5.02. The van der Waals surface area contributed by atoms with E-state index in [2.05, 4.69) is 25.6 Å². The van der Waals surface area contributed by atoms with E-state index >= 15 is 0 Å². The smallest absolute Gasteiger partial charge is 0.00172 e. The maximum atomic E-state index is 6.01. The van der Waals surface area contributed by atoms with E-state index in [0.717, 1.165) is 12.5 Å². The van der Waals surface area contributed by atoms with Crippen molar-refractivity contribution < 1.29 is 0 Å². The highest BCUT2D eigenvalue weighted by atomic mass is 32.2. The van der Waals surface area contributed by atoms with Crippen molar-refractivity contribution in [2.45, 2.75) is 39.5 Å². The van der Waals surface area contributed by atoms with E-state index in [4.69, 9.17) is 5.73 Å². The molecule has 0 bridgehead atoms. The monoisotopic (exact) mass is 213 g/mol. The first-order valence-electron chi connectivity index (χ1n) is 5.86. The van der Waals surface area contributed by atoms with Crippen LogP contribution in [0.15, 0.2) is 0 Å². The van der Waals surface area contributed by atoms with E-state index in [1.807, 2.05) is 0 Å². The van der Waals surface area contributed by atoms with E-state index in [0.29, 0.717) is 10.8 Å². The minimum absolute atomic E-state index is 0.525. The van der Waals surface area contributed by atoms with Gasteiger partial charge in [-0.1, -0.05) is 13.8 Å². The normalized spacial score (nSPS) is 34.9. The Labute approximate surface area is 92.2 Å². The highest BCUT2D eigenvalue weighted by Gasteiger charge is 2.52. The predicted octanol–water partition coefficient (Wildman–Crippen LogP) is 2.89. The Balaban J connectivity index is 1.99. The van der Waals surface area contributed by atoms with Crippen LogP contribution in [0.2, 0.25) is 0 Å². The van der Waals surface area contributed by atoms with Gasteiger partial charge in [-0.05, 0) is 60.5 Å². The van der Waals surface area contributed by atoms with Gasteiger partial charge in [-0.15, -0.1) is 0 Å². The van der Waals surface area contributed by atoms with Gasteiger partial charge in [-0.25, -0.2) is 0 Å². The first kappa shape index (κ1) is 10.8. The van der Waals surface area contributed by atoms with E-state index in [1.165, 1.54) is 37.2 Å². The zero-order valence-corrected chi connectivity index (χ0v) is 10.3. The molecule has 2 heteroatoms. The molecule has 1 saturated heterocycles. The van der Waals surface area contributed by atoms with Gasteiger partial charge in [0.15, 0.2) is 0 Å². The molecule has 2 N–H and O–H groups in total. The third-order valence-corrected chi connectivity index (χ3v) is 5.31. The summed E-state index contributed by atoms with van der Waals surface area (Å²) in [5.74, 6) is 3.66. The lowest BCUT2D eigenvalue weighted by atomic mass is 9.49. The van der Waals surface area contributed by atoms with Gasteiger partial charge in [0.05, 0.1) is 0 Å². The van der Waals surface area contributed by atoms with Crippen LogP contribution in [0.25, 0.3) is 0 Å². The molecule has 0 spiro atoms. The average molecular weight is 213 g/mol. The minimum Gasteiger partial charge on any atom is -0.330 e. The van der Waals surface area contributed by atoms with Crippen LogP contribution in [-0.4, -0.2) is 18.1 Å². The second-order valence-corrected chi connectivity index (χ2v) is 7.15. The van der Waals surface area contributed by atoms with Crippen molar-refractivity contribution >= 4 is 11.8 Å². The fourth-order valence-electron chi connectivity index (χ4n) is 3.68. The standard InChI is InChI=1S/C12H23NS/c1-11(2)7-12(8-11,9-13)10-4-3-5-14-6-10/h10H,3-9,13H2,1-2H3. The van der Waals surface area contributed by atoms with Gasteiger partial charge in [0, 0.05) is 0 Å². The minimum atomic E-state index is 0.525. The van der Waals surface area contributed by atoms with Crippen LogP contribution in [0.3, 0.4) is 0 Å². The van der Waals surface area contributed by atoms with E-state index in [-0.39, 0.29) is 0 Å². The van der Waals surface area contributed by atoms with Crippen molar-refractivity contribution in [1.29, 1.82) is 0 Å². The van der Waals surface area contributed by atoms with Crippen molar-refractivity contribution in [2.75, 3.05) is 18.1 Å². The zero-order chi connectivity index (χ0) is 10.2. The van der Waals surface area contributed by atoms with E-state index in [9.17, 15) is 0 Å². The molecule has 0 aromatic heterocycles. The van der Waals surface area contributed by atoms with Crippen LogP contribution in [-0.2, 0) is 0 Å². The molecule has 1 heterocycles. The van der Waals surface area contributed by atoms with Crippen molar-refractivity contribution in [3.8, 4) is 0 Å². The van der Waals surface area contributed by atoms with Gasteiger partial charge < -0.3 is 5.73 Å². The van der Waals surface area contributed by atoms with Crippen LogP contribution in [0.5, 0.6) is 0 Å². The lowest BCUT2D eigenvalue weighted by Crippen LogP contribution is -2.53. The zero-order valence-electron chi connectivity index (χ0n) is 9.51. The maximum absolute atomic E-state index is 6.01. The van der Waals surface area contributed by atoms with Crippen molar-refractivity contribution in [3.05, 3.63) is 0 Å². The van der Waals surface area contributed by atoms with Crippen LogP contribution < -0.4 is 5.73 Å². The highest BCUT2D eigenvalue weighted by molar-refractivity contribution is 7.99. The number of thioether (sulfide) groups is 1. The maximum Gasteiger partial charge on any atom is -0.00172 e. The Morgan fingerprint density at radius 1 is 1.36 bits per heavy atom. The first-order valence-corrected chi connectivity index (χ1v) is 7.01. The summed E-state index contributed by atoms with van der Waals surface area (Å²) in [6.07, 6.45) is 5.57. The molecule has 0 aromatic carbocycles.